The number of hydrogen-bond acceptors (Lipinski definition) is 8. The average molecular weight is 536 g/mol. The van der Waals surface area contributed by atoms with E-state index in [0.29, 0.717) is 5.56 Å². The minimum atomic E-state index is -4.10. The summed E-state index contributed by atoms with van der Waals surface area (Å²) in [6, 6.07) is 8.07. The third kappa shape index (κ3) is 6.10. The van der Waals surface area contributed by atoms with Crippen LogP contribution in [0.15, 0.2) is 48.8 Å². The van der Waals surface area contributed by atoms with Crippen LogP contribution in [-0.4, -0.2) is 49.6 Å². The molecule has 3 heterocycles. The molecule has 2 N–H and O–H groups in total. The molecule has 4 rings (SSSR count). The van der Waals surface area contributed by atoms with Crippen molar-refractivity contribution in [1.82, 2.24) is 19.6 Å². The Morgan fingerprint density at radius 3 is 2.73 bits per heavy atom. The minimum absolute atomic E-state index is 0.0161. The van der Waals surface area contributed by atoms with E-state index in [1.54, 1.807) is 19.1 Å². The molecule has 1 aliphatic heterocycles. The average Bonchev–Trinajstić information content (AvgIpc) is 2.85. The monoisotopic (exact) mass is 535 g/mol. The van der Waals surface area contributed by atoms with Gasteiger partial charge in [0.1, 0.15) is 11.5 Å². The largest absolute Gasteiger partial charge is 0.436 e. The first-order valence-electron chi connectivity index (χ1n) is 11.0. The Kier molecular flexibility index (Phi) is 7.80. The van der Waals surface area contributed by atoms with Gasteiger partial charge in [-0.25, -0.2) is 23.5 Å². The van der Waals surface area contributed by atoms with Crippen LogP contribution in [0.3, 0.4) is 0 Å². The Labute approximate surface area is 211 Å². The number of nitrogens with one attached hydrogen (secondary N) is 2. The van der Waals surface area contributed by atoms with Crippen LogP contribution in [-0.2, 0) is 21.5 Å². The first-order chi connectivity index (χ1) is 17.7. The van der Waals surface area contributed by atoms with Gasteiger partial charge in [-0.2, -0.15) is 13.1 Å². The summed E-state index contributed by atoms with van der Waals surface area (Å²) >= 11 is 0. The third-order valence-corrected chi connectivity index (χ3v) is 6.46. The molecular formula is C23H23F2N5O6S. The molecule has 11 nitrogen and oxygen atoms in total. The van der Waals surface area contributed by atoms with Gasteiger partial charge in [-0.3, -0.25) is 9.62 Å². The number of halogens is 2. The van der Waals surface area contributed by atoms with Crippen LogP contribution in [0.5, 0.6) is 17.4 Å². The number of fused-ring (bicyclic) bond motifs is 1. The SMILES string of the molecule is COCCNS(=O)(=O)Nc1nccc(CN2C(=O)Oc3cc(Oc4ncccc4F)ccc3[C@@H]2C)c1F. The molecule has 37 heavy (non-hydrogen) atoms. The maximum Gasteiger partial charge on any atom is 0.416 e. The molecule has 2 aromatic heterocycles. The van der Waals surface area contributed by atoms with Crippen molar-refractivity contribution in [1.29, 1.82) is 0 Å². The standard InChI is InChI=1S/C23H23F2N5O6S/c1-14-17-6-5-16(35-22-18(24)4-3-8-27-22)12-19(17)36-23(31)30(14)13-15-7-9-26-21(20(15)25)29-37(32,33)28-10-11-34-2/h3-9,12,14,28H,10-11,13H2,1-2H3,(H,26,29)/t14-/m0/s1. The number of amides is 1. The van der Waals surface area contributed by atoms with Crippen molar-refractivity contribution in [3.05, 3.63) is 71.6 Å². The first kappa shape index (κ1) is 26.2. The second-order valence-electron chi connectivity index (χ2n) is 7.89. The predicted octanol–water partition coefficient (Wildman–Crippen LogP) is 3.52. The van der Waals surface area contributed by atoms with Gasteiger partial charge in [-0.15, -0.1) is 0 Å². The van der Waals surface area contributed by atoms with E-state index < -0.39 is 39.8 Å². The number of anilines is 1. The van der Waals surface area contributed by atoms with Crippen molar-refractivity contribution in [2.45, 2.75) is 19.5 Å². The van der Waals surface area contributed by atoms with E-state index >= 15 is 4.39 Å². The zero-order valence-electron chi connectivity index (χ0n) is 19.8. The fourth-order valence-electron chi connectivity index (χ4n) is 3.55. The Bertz CT molecular complexity index is 1410. The molecule has 1 atom stereocenters. The number of ether oxygens (including phenoxy) is 3. The Morgan fingerprint density at radius 2 is 1.97 bits per heavy atom. The van der Waals surface area contributed by atoms with Crippen LogP contribution in [0.4, 0.5) is 19.4 Å². The zero-order chi connectivity index (χ0) is 26.6. The number of methoxy groups -OCH3 is 1. The van der Waals surface area contributed by atoms with Gasteiger partial charge in [0, 0.05) is 43.2 Å². The van der Waals surface area contributed by atoms with Gasteiger partial charge >= 0.3 is 6.09 Å². The van der Waals surface area contributed by atoms with Crippen LogP contribution >= 0.6 is 0 Å². The van der Waals surface area contributed by atoms with Crippen LogP contribution < -0.4 is 18.9 Å². The van der Waals surface area contributed by atoms with Gasteiger partial charge in [-0.05, 0) is 37.3 Å². The lowest BCUT2D eigenvalue weighted by molar-refractivity contribution is 0.116. The van der Waals surface area contributed by atoms with Gasteiger partial charge in [0.05, 0.1) is 19.2 Å². The maximum absolute atomic E-state index is 15.1. The first-order valence-corrected chi connectivity index (χ1v) is 12.5. The molecule has 14 heteroatoms. The Balaban J connectivity index is 1.51. The summed E-state index contributed by atoms with van der Waals surface area (Å²) in [5, 5.41) is 0. The van der Waals surface area contributed by atoms with Gasteiger partial charge in [0.15, 0.2) is 17.5 Å². The molecule has 3 aromatic rings. The third-order valence-electron chi connectivity index (χ3n) is 5.41. The molecule has 0 aliphatic carbocycles. The van der Waals surface area contributed by atoms with Gasteiger partial charge < -0.3 is 14.2 Å². The molecule has 0 spiro atoms. The van der Waals surface area contributed by atoms with Crippen LogP contribution in [0.25, 0.3) is 0 Å². The lowest BCUT2D eigenvalue weighted by Gasteiger charge is -2.34. The van der Waals surface area contributed by atoms with Gasteiger partial charge in [0.25, 0.3) is 16.1 Å². The fourth-order valence-corrected chi connectivity index (χ4v) is 4.37. The topological polar surface area (TPSA) is 132 Å². The van der Waals surface area contributed by atoms with E-state index in [4.69, 9.17) is 14.2 Å². The molecule has 1 aromatic carbocycles. The highest BCUT2D eigenvalue weighted by Gasteiger charge is 2.33. The molecule has 0 fully saturated rings. The number of rotatable bonds is 10. The summed E-state index contributed by atoms with van der Waals surface area (Å²) in [6.07, 6.45) is 1.84. The number of hydrogen-bond donors (Lipinski definition) is 2. The highest BCUT2D eigenvalue weighted by atomic mass is 32.2. The Morgan fingerprint density at radius 1 is 1.16 bits per heavy atom. The number of carbonyl (C=O) groups is 1. The fraction of sp³-hybridized carbons (Fsp3) is 0.261. The summed E-state index contributed by atoms with van der Waals surface area (Å²) < 4.78 is 73.1. The van der Waals surface area contributed by atoms with E-state index in [0.717, 1.165) is 0 Å². The summed E-state index contributed by atoms with van der Waals surface area (Å²) in [6.45, 7) is 1.60. The molecular weight excluding hydrogens is 512 g/mol. The second kappa shape index (κ2) is 11.0. The molecule has 0 saturated heterocycles. The summed E-state index contributed by atoms with van der Waals surface area (Å²) in [7, 11) is -2.69. The molecule has 0 saturated carbocycles. The number of pyridine rings is 2. The van der Waals surface area contributed by atoms with Crippen LogP contribution in [0, 0.1) is 11.6 Å². The summed E-state index contributed by atoms with van der Waals surface area (Å²) in [4.78, 5) is 21.6. The molecule has 196 valence electrons. The minimum Gasteiger partial charge on any atom is -0.436 e. The molecule has 1 amide bonds. The highest BCUT2D eigenvalue weighted by Crippen LogP contribution is 2.39. The lowest BCUT2D eigenvalue weighted by Crippen LogP contribution is -2.39. The summed E-state index contributed by atoms with van der Waals surface area (Å²) in [5.74, 6) is -1.93. The van der Waals surface area contributed by atoms with E-state index in [-0.39, 0.29) is 42.6 Å². The normalized spacial score (nSPS) is 15.2. The van der Waals surface area contributed by atoms with E-state index in [1.165, 1.54) is 48.7 Å². The Hall–Kier alpha value is -3.88. The second-order valence-corrected chi connectivity index (χ2v) is 9.39. The number of nitrogens with zero attached hydrogens (tertiary/aromatic N) is 3. The lowest BCUT2D eigenvalue weighted by atomic mass is 10.0. The molecule has 0 bridgehead atoms. The predicted molar refractivity (Wildman–Crippen MR) is 127 cm³/mol. The van der Waals surface area contributed by atoms with Gasteiger partial charge in [0.2, 0.25) is 0 Å². The highest BCUT2D eigenvalue weighted by molar-refractivity contribution is 7.90. The van der Waals surface area contributed by atoms with E-state index in [9.17, 15) is 17.6 Å². The number of carbonyl (C=O) groups excluding carboxylic acids is 1. The smallest absolute Gasteiger partial charge is 0.416 e. The number of aromatic nitrogens is 2. The maximum atomic E-state index is 15.1. The van der Waals surface area contributed by atoms with Crippen LogP contribution in [0.2, 0.25) is 0 Å². The van der Waals surface area contributed by atoms with Crippen molar-refractivity contribution in [3.8, 4) is 17.4 Å². The van der Waals surface area contributed by atoms with Crippen LogP contribution in [0.1, 0.15) is 24.1 Å². The molecule has 1 aliphatic rings. The van der Waals surface area contributed by atoms with Gasteiger partial charge in [-0.1, -0.05) is 0 Å². The van der Waals surface area contributed by atoms with Crippen molar-refractivity contribution >= 4 is 22.1 Å². The quantitative estimate of drug-likeness (QED) is 0.377. The zero-order valence-corrected chi connectivity index (χ0v) is 20.6. The summed E-state index contributed by atoms with van der Waals surface area (Å²) in [5.41, 5.74) is 0.619. The van der Waals surface area contributed by atoms with Crippen molar-refractivity contribution < 1.29 is 36.2 Å². The van der Waals surface area contributed by atoms with Crippen molar-refractivity contribution in [3.63, 3.8) is 0 Å². The molecule has 0 radical (unpaired) electrons. The number of benzene rings is 1. The molecule has 0 unspecified atom stereocenters. The van der Waals surface area contributed by atoms with Crippen molar-refractivity contribution in [2.75, 3.05) is 25.0 Å². The van der Waals surface area contributed by atoms with Crippen molar-refractivity contribution in [2.24, 2.45) is 0 Å². The van der Waals surface area contributed by atoms with E-state index in [2.05, 4.69) is 14.7 Å². The van der Waals surface area contributed by atoms with E-state index in [1.807, 2.05) is 4.72 Å².